The van der Waals surface area contributed by atoms with Crippen LogP contribution in [0.4, 0.5) is 17.2 Å². The van der Waals surface area contributed by atoms with Gasteiger partial charge in [-0.3, -0.25) is 4.79 Å². The summed E-state index contributed by atoms with van der Waals surface area (Å²) in [4.78, 5) is 23.4. The van der Waals surface area contributed by atoms with E-state index in [0.29, 0.717) is 18.0 Å². The molecular formula is C26H24ClN5O. The van der Waals surface area contributed by atoms with Crippen LogP contribution in [0.5, 0.6) is 0 Å². The lowest BCUT2D eigenvalue weighted by atomic mass is 9.67. The number of hydrazone groups is 1. The van der Waals surface area contributed by atoms with Crippen LogP contribution >= 0.6 is 11.6 Å². The number of hydrogen-bond acceptors (Lipinski definition) is 5. The van der Waals surface area contributed by atoms with E-state index in [1.807, 2.05) is 73.8 Å². The molecule has 3 aliphatic heterocycles. The fourth-order valence-electron chi connectivity index (χ4n) is 5.57. The number of carbonyl (C=O) groups is 1. The van der Waals surface area contributed by atoms with Crippen LogP contribution < -0.4 is 14.8 Å². The smallest absolute Gasteiger partial charge is 0.261 e. The maximum atomic E-state index is 14.2. The molecule has 1 saturated heterocycles. The first-order chi connectivity index (χ1) is 16.1. The monoisotopic (exact) mass is 457 g/mol. The molecule has 1 spiro atoms. The third-order valence-corrected chi connectivity index (χ3v) is 7.45. The molecule has 1 fully saturated rings. The third kappa shape index (κ3) is 3.04. The van der Waals surface area contributed by atoms with Crippen LogP contribution in [0.1, 0.15) is 12.5 Å². The molecule has 6 nitrogen and oxygen atoms in total. The predicted octanol–water partition coefficient (Wildman–Crippen LogP) is 4.40. The Morgan fingerprint density at radius 1 is 1.03 bits per heavy atom. The minimum absolute atomic E-state index is 0.0321. The molecular weight excluding hydrogens is 434 g/mol. The molecule has 33 heavy (non-hydrogen) atoms. The molecule has 0 radical (unpaired) electrons. The van der Waals surface area contributed by atoms with E-state index in [1.165, 1.54) is 0 Å². The summed E-state index contributed by atoms with van der Waals surface area (Å²) < 4.78 is 0. The molecule has 0 bridgehead atoms. The Balaban J connectivity index is 1.47. The number of benzene rings is 2. The fourth-order valence-corrected chi connectivity index (χ4v) is 5.74. The van der Waals surface area contributed by atoms with Crippen molar-refractivity contribution in [3.63, 3.8) is 0 Å². The van der Waals surface area contributed by atoms with Gasteiger partial charge in [0.1, 0.15) is 11.2 Å². The van der Waals surface area contributed by atoms with Crippen molar-refractivity contribution < 1.29 is 4.79 Å². The van der Waals surface area contributed by atoms with Gasteiger partial charge in [-0.05, 0) is 55.3 Å². The first kappa shape index (κ1) is 20.2. The first-order valence-electron chi connectivity index (χ1n) is 11.2. The van der Waals surface area contributed by atoms with E-state index < -0.39 is 5.41 Å². The molecule has 6 rings (SSSR count). The Bertz CT molecular complexity index is 1250. The molecule has 2 atom stereocenters. The van der Waals surface area contributed by atoms with Gasteiger partial charge >= 0.3 is 0 Å². The van der Waals surface area contributed by atoms with Crippen LogP contribution in [0, 0.1) is 5.41 Å². The number of amides is 1. The predicted molar refractivity (Wildman–Crippen MR) is 132 cm³/mol. The van der Waals surface area contributed by atoms with Gasteiger partial charge in [-0.2, -0.15) is 10.1 Å². The van der Waals surface area contributed by atoms with Crippen LogP contribution in [0.3, 0.4) is 0 Å². The minimum atomic E-state index is -0.746. The van der Waals surface area contributed by atoms with Gasteiger partial charge in [0, 0.05) is 36.5 Å². The summed E-state index contributed by atoms with van der Waals surface area (Å²) in [5.41, 5.74) is 3.17. The molecule has 0 unspecified atom stereocenters. The molecule has 7 heteroatoms. The van der Waals surface area contributed by atoms with E-state index in [-0.39, 0.29) is 11.9 Å². The van der Waals surface area contributed by atoms with Crippen molar-refractivity contribution >= 4 is 40.4 Å². The van der Waals surface area contributed by atoms with Crippen LogP contribution in [-0.2, 0) is 11.2 Å². The van der Waals surface area contributed by atoms with Gasteiger partial charge in [-0.1, -0.05) is 41.9 Å². The molecule has 166 valence electrons. The molecule has 2 aromatic carbocycles. The summed E-state index contributed by atoms with van der Waals surface area (Å²) in [6, 6.07) is 21.6. The van der Waals surface area contributed by atoms with Crippen molar-refractivity contribution in [1.82, 2.24) is 4.98 Å². The van der Waals surface area contributed by atoms with E-state index in [1.54, 1.807) is 5.01 Å². The van der Waals surface area contributed by atoms with Gasteiger partial charge in [-0.25, -0.2) is 4.98 Å². The summed E-state index contributed by atoms with van der Waals surface area (Å²) in [6.45, 7) is 4.29. The zero-order valence-electron chi connectivity index (χ0n) is 18.4. The van der Waals surface area contributed by atoms with Crippen LogP contribution in [-0.4, -0.2) is 42.3 Å². The normalized spacial score (nSPS) is 24.1. The van der Waals surface area contributed by atoms with Gasteiger partial charge in [0.2, 0.25) is 0 Å². The third-order valence-electron chi connectivity index (χ3n) is 7.22. The van der Waals surface area contributed by atoms with Crippen molar-refractivity contribution in [2.75, 3.05) is 34.4 Å². The van der Waals surface area contributed by atoms with Gasteiger partial charge < -0.3 is 9.80 Å². The highest BCUT2D eigenvalue weighted by Gasteiger charge is 2.60. The second-order valence-corrected chi connectivity index (χ2v) is 9.34. The molecule has 1 aromatic heterocycles. The number of nitrogens with zero attached hydrogens (tertiary/aromatic N) is 5. The number of para-hydroxylation sites is 1. The van der Waals surface area contributed by atoms with E-state index in [2.05, 4.69) is 20.9 Å². The lowest BCUT2D eigenvalue weighted by Gasteiger charge is -2.53. The molecule has 0 N–H and O–H groups in total. The number of carbonyl (C=O) groups excluding carboxylic acids is 1. The topological polar surface area (TPSA) is 52.0 Å². The van der Waals surface area contributed by atoms with Gasteiger partial charge in [0.25, 0.3) is 5.91 Å². The molecule has 0 saturated carbocycles. The zero-order valence-corrected chi connectivity index (χ0v) is 19.1. The van der Waals surface area contributed by atoms with Gasteiger partial charge in [0.15, 0.2) is 0 Å². The average molecular weight is 458 g/mol. The van der Waals surface area contributed by atoms with Crippen molar-refractivity contribution in [1.29, 1.82) is 0 Å². The summed E-state index contributed by atoms with van der Waals surface area (Å²) in [5, 5.41) is 7.11. The lowest BCUT2D eigenvalue weighted by Crippen LogP contribution is -2.67. The summed E-state index contributed by atoms with van der Waals surface area (Å²) in [5.74, 6) is 0.966. The number of anilines is 3. The standard InChI is InChI=1S/C26H24ClN5O/c1-18-26(25(33)32(29-18)21-7-3-2-4-8-21)16-19-10-11-20(27)15-22(19)31-14-13-30(17-23(26)31)24-9-5-6-12-28-24/h2-12,15,23H,13-14,16-17H2,1H3/t23-,26-/m0/s1. The van der Waals surface area contributed by atoms with Crippen molar-refractivity contribution in [2.24, 2.45) is 10.5 Å². The average Bonchev–Trinajstić information content (AvgIpc) is 3.11. The maximum absolute atomic E-state index is 14.2. The highest BCUT2D eigenvalue weighted by molar-refractivity contribution is 6.31. The number of rotatable bonds is 2. The summed E-state index contributed by atoms with van der Waals surface area (Å²) >= 11 is 6.40. The number of halogens is 1. The molecule has 3 aliphatic rings. The van der Waals surface area contributed by atoms with Crippen molar-refractivity contribution in [3.05, 3.63) is 83.5 Å². The first-order valence-corrected chi connectivity index (χ1v) is 11.6. The van der Waals surface area contributed by atoms with E-state index in [4.69, 9.17) is 16.7 Å². The van der Waals surface area contributed by atoms with Gasteiger partial charge in [0.05, 0.1) is 17.4 Å². The Morgan fingerprint density at radius 3 is 2.64 bits per heavy atom. The number of aromatic nitrogens is 1. The summed E-state index contributed by atoms with van der Waals surface area (Å²) in [6.07, 6.45) is 2.42. The molecule has 4 heterocycles. The van der Waals surface area contributed by atoms with Crippen LogP contribution in [0.2, 0.25) is 5.02 Å². The Morgan fingerprint density at radius 2 is 1.85 bits per heavy atom. The maximum Gasteiger partial charge on any atom is 0.261 e. The minimum Gasteiger partial charge on any atom is -0.363 e. The highest BCUT2D eigenvalue weighted by atomic mass is 35.5. The quantitative estimate of drug-likeness (QED) is 0.572. The van der Waals surface area contributed by atoms with Crippen LogP contribution in [0.25, 0.3) is 0 Å². The second-order valence-electron chi connectivity index (χ2n) is 8.90. The Hall–Kier alpha value is -3.38. The number of fused-ring (bicyclic) bond motifs is 4. The molecule has 3 aromatic rings. The van der Waals surface area contributed by atoms with Crippen LogP contribution in [0.15, 0.2) is 78.0 Å². The van der Waals surface area contributed by atoms with Gasteiger partial charge in [-0.15, -0.1) is 0 Å². The molecule has 1 amide bonds. The van der Waals surface area contributed by atoms with E-state index >= 15 is 0 Å². The largest absolute Gasteiger partial charge is 0.363 e. The number of piperazine rings is 1. The number of pyridine rings is 1. The Kier molecular flexibility index (Phi) is 4.66. The highest BCUT2D eigenvalue weighted by Crippen LogP contribution is 2.48. The van der Waals surface area contributed by atoms with Crippen molar-refractivity contribution in [2.45, 2.75) is 19.4 Å². The van der Waals surface area contributed by atoms with E-state index in [0.717, 1.165) is 41.6 Å². The zero-order chi connectivity index (χ0) is 22.6. The van der Waals surface area contributed by atoms with E-state index in [9.17, 15) is 4.79 Å². The number of hydrogen-bond donors (Lipinski definition) is 0. The summed E-state index contributed by atoms with van der Waals surface area (Å²) in [7, 11) is 0. The Labute approximate surface area is 198 Å². The van der Waals surface area contributed by atoms with Crippen molar-refractivity contribution in [3.8, 4) is 0 Å². The fraction of sp³-hybridized carbons (Fsp3) is 0.269. The SMILES string of the molecule is CC1=NN(c2ccccc2)C(=O)[C@@]12Cc1ccc(Cl)cc1N1CCN(c3ccccn3)C[C@H]12. The lowest BCUT2D eigenvalue weighted by molar-refractivity contribution is -0.125. The molecule has 0 aliphatic carbocycles. The second kappa shape index (κ2) is 7.59.